The first-order chi connectivity index (χ1) is 18.6. The van der Waals surface area contributed by atoms with Crippen LogP contribution in [0.15, 0.2) is 42.5 Å². The molecule has 0 spiro atoms. The summed E-state index contributed by atoms with van der Waals surface area (Å²) in [6.07, 6.45) is -4.77. The van der Waals surface area contributed by atoms with Gasteiger partial charge in [-0.3, -0.25) is 9.59 Å². The molecule has 0 aliphatic carbocycles. The number of aromatic nitrogens is 6. The number of carbonyl (C=O) groups excluding carboxylic acids is 2. The predicted octanol–water partition coefficient (Wildman–Crippen LogP) is 5.32. The Morgan fingerprint density at radius 1 is 1.00 bits per heavy atom. The van der Waals surface area contributed by atoms with E-state index in [1.54, 1.807) is 37.3 Å². The van der Waals surface area contributed by atoms with Gasteiger partial charge in [0.05, 0.1) is 27.7 Å². The second kappa shape index (κ2) is 10.9. The van der Waals surface area contributed by atoms with Crippen molar-refractivity contribution in [1.29, 1.82) is 0 Å². The number of nitrogens with one attached hydrogen (secondary N) is 2. The molecule has 2 amide bonds. The molecule has 2 N–H and O–H groups in total. The molecule has 0 unspecified atom stereocenters. The van der Waals surface area contributed by atoms with E-state index >= 15 is 0 Å². The number of benzene rings is 2. The maximum absolute atomic E-state index is 13.6. The van der Waals surface area contributed by atoms with Crippen LogP contribution in [-0.4, -0.2) is 47.3 Å². The highest BCUT2D eigenvalue weighted by atomic mass is 35.5. The minimum absolute atomic E-state index is 0.0178. The van der Waals surface area contributed by atoms with Crippen LogP contribution in [0.25, 0.3) is 5.69 Å². The summed E-state index contributed by atoms with van der Waals surface area (Å²) in [5.74, 6) is -2.53. The highest BCUT2D eigenvalue weighted by Gasteiger charge is 2.37. The average Bonchev–Trinajstić information content (AvgIpc) is 3.47. The number of hydrogen-bond acceptors (Lipinski definition) is 6. The topological polar surface area (TPSA) is 120 Å². The van der Waals surface area contributed by atoms with E-state index in [4.69, 9.17) is 23.2 Å². The molecule has 0 fully saturated rings. The van der Waals surface area contributed by atoms with Crippen LogP contribution in [0.5, 0.6) is 0 Å². The number of nitrogens with zero attached hydrogens (tertiary/aromatic N) is 6. The molecule has 0 radical (unpaired) electrons. The number of halogens is 5. The molecule has 4 aromatic rings. The monoisotopic (exact) mass is 594 g/mol. The zero-order valence-electron chi connectivity index (χ0n) is 21.6. The van der Waals surface area contributed by atoms with Gasteiger partial charge in [-0.25, -0.2) is 4.68 Å². The van der Waals surface area contributed by atoms with Crippen LogP contribution in [0.4, 0.5) is 18.9 Å². The van der Waals surface area contributed by atoms with Gasteiger partial charge in [0.2, 0.25) is 0 Å². The third kappa shape index (κ3) is 6.59. The van der Waals surface area contributed by atoms with E-state index < -0.39 is 29.4 Å². The Labute approximate surface area is 236 Å². The zero-order chi connectivity index (χ0) is 29.4. The largest absolute Gasteiger partial charge is 0.455 e. The minimum Gasteiger partial charge on any atom is -0.347 e. The SMILES string of the molecule is Cc1cc(Cl)cc(C(=O)NC(C)(C)C)c1NC(=O)c1cc(Cn2nnc(C(F)(F)F)n2)nn1-c1ccccc1Cl. The van der Waals surface area contributed by atoms with Gasteiger partial charge >= 0.3 is 6.18 Å². The zero-order valence-corrected chi connectivity index (χ0v) is 23.2. The molecule has 210 valence electrons. The number of tetrazole rings is 1. The highest BCUT2D eigenvalue weighted by Crippen LogP contribution is 2.29. The molecule has 2 aromatic carbocycles. The number of rotatable bonds is 6. The molecule has 0 aliphatic rings. The molecule has 2 heterocycles. The third-order valence-corrected chi connectivity index (χ3v) is 5.89. The van der Waals surface area contributed by atoms with Crippen LogP contribution in [0, 0.1) is 6.92 Å². The summed E-state index contributed by atoms with van der Waals surface area (Å²) < 4.78 is 40.0. The van der Waals surface area contributed by atoms with Crippen molar-refractivity contribution >= 4 is 40.7 Å². The molecule has 10 nitrogen and oxygen atoms in total. The van der Waals surface area contributed by atoms with E-state index in [1.807, 2.05) is 20.8 Å². The van der Waals surface area contributed by atoms with Crippen molar-refractivity contribution < 1.29 is 22.8 Å². The quantitative estimate of drug-likeness (QED) is 0.312. The molecule has 0 saturated heterocycles. The second-order valence-electron chi connectivity index (χ2n) is 9.83. The fraction of sp³-hybridized carbons (Fsp3) is 0.280. The van der Waals surface area contributed by atoms with E-state index in [2.05, 4.69) is 31.1 Å². The van der Waals surface area contributed by atoms with E-state index in [1.165, 1.54) is 16.8 Å². The predicted molar refractivity (Wildman–Crippen MR) is 142 cm³/mol. The van der Waals surface area contributed by atoms with Crippen LogP contribution in [-0.2, 0) is 12.7 Å². The lowest BCUT2D eigenvalue weighted by Gasteiger charge is -2.22. The van der Waals surface area contributed by atoms with Gasteiger partial charge in [-0.1, -0.05) is 35.3 Å². The summed E-state index contributed by atoms with van der Waals surface area (Å²) >= 11 is 12.6. The summed E-state index contributed by atoms with van der Waals surface area (Å²) in [5, 5.41) is 20.3. The molecule has 40 heavy (non-hydrogen) atoms. The van der Waals surface area contributed by atoms with Crippen molar-refractivity contribution in [1.82, 2.24) is 35.3 Å². The summed E-state index contributed by atoms with van der Waals surface area (Å²) in [7, 11) is 0. The van der Waals surface area contributed by atoms with Gasteiger partial charge in [-0.2, -0.15) is 23.1 Å². The van der Waals surface area contributed by atoms with Crippen molar-refractivity contribution in [2.24, 2.45) is 0 Å². The molecule has 15 heteroatoms. The first-order valence-corrected chi connectivity index (χ1v) is 12.5. The fourth-order valence-electron chi connectivity index (χ4n) is 3.72. The second-order valence-corrected chi connectivity index (χ2v) is 10.7. The molecule has 4 rings (SSSR count). The Morgan fingerprint density at radius 2 is 1.70 bits per heavy atom. The molecular weight excluding hydrogens is 572 g/mol. The van der Waals surface area contributed by atoms with E-state index in [0.29, 0.717) is 21.1 Å². The van der Waals surface area contributed by atoms with Crippen molar-refractivity contribution in [3.05, 3.63) is 80.8 Å². The Morgan fingerprint density at radius 3 is 2.33 bits per heavy atom. The number of aryl methyl sites for hydroxylation is 1. The number of amides is 2. The van der Waals surface area contributed by atoms with Gasteiger partial charge in [0.1, 0.15) is 12.2 Å². The van der Waals surface area contributed by atoms with E-state index in [-0.39, 0.29) is 34.2 Å². The van der Waals surface area contributed by atoms with Crippen LogP contribution >= 0.6 is 23.2 Å². The van der Waals surface area contributed by atoms with E-state index in [9.17, 15) is 22.8 Å². The van der Waals surface area contributed by atoms with Gasteiger partial charge < -0.3 is 10.6 Å². The maximum Gasteiger partial charge on any atom is 0.455 e. The van der Waals surface area contributed by atoms with Gasteiger partial charge in [0, 0.05) is 10.6 Å². The maximum atomic E-state index is 13.6. The van der Waals surface area contributed by atoms with Crippen molar-refractivity contribution in [3.63, 3.8) is 0 Å². The van der Waals surface area contributed by atoms with Crippen LogP contribution in [0.2, 0.25) is 10.0 Å². The van der Waals surface area contributed by atoms with Crippen molar-refractivity contribution in [2.75, 3.05) is 5.32 Å². The molecule has 0 saturated carbocycles. The number of alkyl halides is 3. The average molecular weight is 595 g/mol. The van der Waals surface area contributed by atoms with Gasteiger partial charge in [-0.05, 0) is 68.8 Å². The number of hydrogen-bond donors (Lipinski definition) is 2. The standard InChI is InChI=1S/C25H23Cl2F3N8O2/c1-13-9-14(26)10-16(21(39)32-24(2,3)4)20(13)31-22(40)19-11-15(12-37-35-23(33-36-37)25(28,29)30)34-38(19)18-8-6-5-7-17(18)27/h5-11H,12H2,1-4H3,(H,31,40)(H,32,39). The molecule has 0 atom stereocenters. The Bertz CT molecular complexity index is 1590. The highest BCUT2D eigenvalue weighted by molar-refractivity contribution is 6.32. The van der Waals surface area contributed by atoms with Crippen LogP contribution in [0.3, 0.4) is 0 Å². The summed E-state index contributed by atoms with van der Waals surface area (Å²) in [6.45, 7) is 6.80. The van der Waals surface area contributed by atoms with Crippen molar-refractivity contribution in [3.8, 4) is 5.69 Å². The molecule has 0 aliphatic heterocycles. The van der Waals surface area contributed by atoms with Gasteiger partial charge in [-0.15, -0.1) is 10.2 Å². The summed E-state index contributed by atoms with van der Waals surface area (Å²) in [4.78, 5) is 27.4. The lowest BCUT2D eigenvalue weighted by Crippen LogP contribution is -2.41. The van der Waals surface area contributed by atoms with Crippen LogP contribution in [0.1, 0.15) is 58.7 Å². The smallest absolute Gasteiger partial charge is 0.347 e. The first kappa shape index (κ1) is 29.0. The summed E-state index contributed by atoms with van der Waals surface area (Å²) in [5.41, 5.74) is 0.789. The number of carbonyl (C=O) groups is 2. The van der Waals surface area contributed by atoms with E-state index in [0.717, 1.165) is 0 Å². The Balaban J connectivity index is 1.74. The molecular formula is C25H23Cl2F3N8O2. The lowest BCUT2D eigenvalue weighted by molar-refractivity contribution is -0.145. The van der Waals surface area contributed by atoms with Gasteiger partial charge in [0.15, 0.2) is 0 Å². The number of anilines is 1. The normalized spacial score (nSPS) is 11.9. The summed E-state index contributed by atoms with van der Waals surface area (Å²) in [6, 6.07) is 11.0. The first-order valence-electron chi connectivity index (χ1n) is 11.8. The Kier molecular flexibility index (Phi) is 7.90. The molecule has 2 aromatic heterocycles. The third-order valence-electron chi connectivity index (χ3n) is 5.36. The number of para-hydroxylation sites is 1. The Hall–Kier alpha value is -3.97. The fourth-order valence-corrected chi connectivity index (χ4v) is 4.21. The van der Waals surface area contributed by atoms with Gasteiger partial charge in [0.25, 0.3) is 17.6 Å². The molecule has 0 bridgehead atoms. The van der Waals surface area contributed by atoms with Crippen LogP contribution < -0.4 is 10.6 Å². The minimum atomic E-state index is -4.77. The van der Waals surface area contributed by atoms with Crippen molar-refractivity contribution in [2.45, 2.75) is 46.0 Å². The lowest BCUT2D eigenvalue weighted by atomic mass is 10.0.